The van der Waals surface area contributed by atoms with Crippen molar-refractivity contribution in [3.05, 3.63) is 25.3 Å². The van der Waals surface area contributed by atoms with E-state index in [-0.39, 0.29) is 0 Å². The minimum Gasteiger partial charge on any atom is -0.369 e. The van der Waals surface area contributed by atoms with Crippen molar-refractivity contribution in [2.75, 3.05) is 6.61 Å². The first kappa shape index (κ1) is 11.7. The zero-order valence-corrected chi connectivity index (χ0v) is 9.90. The van der Waals surface area contributed by atoms with Gasteiger partial charge in [-0.3, -0.25) is 0 Å². The van der Waals surface area contributed by atoms with Crippen molar-refractivity contribution in [1.29, 1.82) is 0 Å². The number of hydrogen-bond acceptors (Lipinski definition) is 2. The molecular weight excluding hydrogens is 192 g/mol. The van der Waals surface area contributed by atoms with Crippen molar-refractivity contribution in [2.45, 2.75) is 36.8 Å². The third-order valence-electron chi connectivity index (χ3n) is 2.82. The van der Waals surface area contributed by atoms with Gasteiger partial charge in [0.2, 0.25) is 0 Å². The lowest BCUT2D eigenvalue weighted by Gasteiger charge is -2.37. The SMILES string of the molecule is C=CC[SiH](CC=C)C1(O)CCCCO1. The summed E-state index contributed by atoms with van der Waals surface area (Å²) in [5.74, 6) is 0. The fourth-order valence-electron chi connectivity index (χ4n) is 1.99. The molecule has 1 aliphatic heterocycles. The summed E-state index contributed by atoms with van der Waals surface area (Å²) in [6.07, 6.45) is 6.75. The second-order valence-electron chi connectivity index (χ2n) is 3.90. The highest BCUT2D eigenvalue weighted by Crippen LogP contribution is 2.28. The molecule has 1 unspecified atom stereocenters. The lowest BCUT2D eigenvalue weighted by atomic mass is 10.2. The lowest BCUT2D eigenvalue weighted by molar-refractivity contribution is -0.167. The van der Waals surface area contributed by atoms with Crippen molar-refractivity contribution in [1.82, 2.24) is 0 Å². The van der Waals surface area contributed by atoms with E-state index >= 15 is 0 Å². The molecular formula is C11H20O2Si. The minimum atomic E-state index is -1.33. The predicted octanol–water partition coefficient (Wildman–Crippen LogP) is 2.01. The highest BCUT2D eigenvalue weighted by molar-refractivity contribution is 6.62. The van der Waals surface area contributed by atoms with Gasteiger partial charge >= 0.3 is 0 Å². The maximum Gasteiger partial charge on any atom is 0.145 e. The van der Waals surface area contributed by atoms with Crippen LogP contribution in [0.25, 0.3) is 0 Å². The average Bonchev–Trinajstić information content (AvgIpc) is 2.19. The van der Waals surface area contributed by atoms with Crippen molar-refractivity contribution < 1.29 is 9.84 Å². The summed E-state index contributed by atoms with van der Waals surface area (Å²) in [7, 11) is -1.33. The molecule has 1 N–H and O–H groups in total. The first-order chi connectivity index (χ1) is 6.73. The Morgan fingerprint density at radius 1 is 1.29 bits per heavy atom. The molecule has 0 aromatic rings. The van der Waals surface area contributed by atoms with Gasteiger partial charge in [0.05, 0.1) is 0 Å². The first-order valence-electron chi connectivity index (χ1n) is 5.31. The van der Waals surface area contributed by atoms with E-state index in [9.17, 15) is 5.11 Å². The average molecular weight is 212 g/mol. The van der Waals surface area contributed by atoms with Crippen LogP contribution in [-0.4, -0.2) is 25.9 Å². The van der Waals surface area contributed by atoms with Crippen LogP contribution in [0.3, 0.4) is 0 Å². The van der Waals surface area contributed by atoms with E-state index in [1.54, 1.807) is 0 Å². The molecule has 14 heavy (non-hydrogen) atoms. The van der Waals surface area contributed by atoms with Crippen LogP contribution >= 0.6 is 0 Å². The Morgan fingerprint density at radius 2 is 1.93 bits per heavy atom. The van der Waals surface area contributed by atoms with Crippen LogP contribution in [0.1, 0.15) is 19.3 Å². The van der Waals surface area contributed by atoms with Crippen LogP contribution in [0.2, 0.25) is 12.1 Å². The van der Waals surface area contributed by atoms with Gasteiger partial charge in [0.1, 0.15) is 14.2 Å². The molecule has 0 amide bonds. The fourth-order valence-corrected chi connectivity index (χ4v) is 4.69. The second-order valence-corrected chi connectivity index (χ2v) is 7.13. The van der Waals surface area contributed by atoms with Gasteiger partial charge in [0.25, 0.3) is 0 Å². The molecule has 80 valence electrons. The maximum absolute atomic E-state index is 10.3. The Morgan fingerprint density at radius 3 is 2.36 bits per heavy atom. The molecule has 0 radical (unpaired) electrons. The first-order valence-corrected chi connectivity index (χ1v) is 7.52. The van der Waals surface area contributed by atoms with E-state index < -0.39 is 14.2 Å². The molecule has 1 saturated heterocycles. The Balaban J connectivity index is 2.62. The summed E-state index contributed by atoms with van der Waals surface area (Å²) >= 11 is 0. The monoisotopic (exact) mass is 212 g/mol. The second kappa shape index (κ2) is 5.49. The summed E-state index contributed by atoms with van der Waals surface area (Å²) in [6.45, 7) is 8.19. The fraction of sp³-hybridized carbons (Fsp3) is 0.636. The normalized spacial score (nSPS) is 27.6. The van der Waals surface area contributed by atoms with Gasteiger partial charge in [0.15, 0.2) is 0 Å². The van der Waals surface area contributed by atoms with Crippen LogP contribution in [0.4, 0.5) is 0 Å². The van der Waals surface area contributed by atoms with E-state index in [1.165, 1.54) is 0 Å². The van der Waals surface area contributed by atoms with Gasteiger partial charge < -0.3 is 9.84 Å². The molecule has 0 aromatic carbocycles. The minimum absolute atomic E-state index is 0.703. The standard InChI is InChI=1S/C11H20O2Si/c1-3-9-14(10-4-2)11(12)7-5-6-8-13-11/h3-4,12,14H,1-2,5-10H2. The summed E-state index contributed by atoms with van der Waals surface area (Å²) in [5, 5.41) is 10.3. The molecule has 1 aliphatic rings. The summed E-state index contributed by atoms with van der Waals surface area (Å²) < 4.78 is 5.55. The molecule has 0 aliphatic carbocycles. The molecule has 2 nitrogen and oxygen atoms in total. The van der Waals surface area contributed by atoms with E-state index in [0.29, 0.717) is 6.61 Å². The van der Waals surface area contributed by atoms with Gasteiger partial charge in [-0.05, 0) is 31.4 Å². The number of ether oxygens (including phenoxy) is 1. The number of aliphatic hydroxyl groups is 1. The van der Waals surface area contributed by atoms with Gasteiger partial charge in [0, 0.05) is 6.61 Å². The van der Waals surface area contributed by atoms with Crippen LogP contribution in [0.5, 0.6) is 0 Å². The third kappa shape index (κ3) is 2.80. The largest absolute Gasteiger partial charge is 0.369 e. The van der Waals surface area contributed by atoms with E-state index in [1.807, 2.05) is 12.2 Å². The van der Waals surface area contributed by atoms with Crippen molar-refractivity contribution in [2.24, 2.45) is 0 Å². The maximum atomic E-state index is 10.3. The van der Waals surface area contributed by atoms with Crippen molar-refractivity contribution >= 4 is 8.80 Å². The van der Waals surface area contributed by atoms with Crippen molar-refractivity contribution in [3.63, 3.8) is 0 Å². The molecule has 3 heteroatoms. The molecule has 1 rings (SSSR count). The van der Waals surface area contributed by atoms with Crippen LogP contribution in [-0.2, 0) is 4.74 Å². The van der Waals surface area contributed by atoms with Crippen LogP contribution in [0, 0.1) is 0 Å². The van der Waals surface area contributed by atoms with Gasteiger partial charge in [-0.15, -0.1) is 13.2 Å². The zero-order chi connectivity index (χ0) is 10.4. The zero-order valence-electron chi connectivity index (χ0n) is 8.74. The molecule has 0 bridgehead atoms. The predicted molar refractivity (Wildman–Crippen MR) is 61.9 cm³/mol. The molecule has 1 heterocycles. The molecule has 1 atom stereocenters. The number of rotatable bonds is 5. The summed E-state index contributed by atoms with van der Waals surface area (Å²) in [4.78, 5) is 0. The van der Waals surface area contributed by atoms with E-state index in [0.717, 1.165) is 31.4 Å². The Kier molecular flexibility index (Phi) is 4.58. The van der Waals surface area contributed by atoms with Gasteiger partial charge in [-0.25, -0.2) is 0 Å². The molecule has 1 fully saturated rings. The summed E-state index contributed by atoms with van der Waals surface area (Å²) in [5.41, 5.74) is -0.805. The Bertz CT molecular complexity index is 187. The highest BCUT2D eigenvalue weighted by atomic mass is 28.3. The molecule has 0 spiro atoms. The van der Waals surface area contributed by atoms with Crippen LogP contribution in [0.15, 0.2) is 25.3 Å². The Labute approximate surface area is 87.9 Å². The summed E-state index contributed by atoms with van der Waals surface area (Å²) in [6, 6.07) is 1.84. The number of hydrogen-bond donors (Lipinski definition) is 1. The Hall–Kier alpha value is -0.383. The van der Waals surface area contributed by atoms with E-state index in [2.05, 4.69) is 13.2 Å². The number of allylic oxidation sites excluding steroid dienone is 2. The topological polar surface area (TPSA) is 29.5 Å². The quantitative estimate of drug-likeness (QED) is 0.558. The van der Waals surface area contributed by atoms with Gasteiger partial charge in [-0.1, -0.05) is 12.2 Å². The lowest BCUT2D eigenvalue weighted by Crippen LogP contribution is -2.49. The van der Waals surface area contributed by atoms with Crippen molar-refractivity contribution in [3.8, 4) is 0 Å². The highest BCUT2D eigenvalue weighted by Gasteiger charge is 2.38. The van der Waals surface area contributed by atoms with Crippen LogP contribution < -0.4 is 0 Å². The van der Waals surface area contributed by atoms with Gasteiger partial charge in [-0.2, -0.15) is 0 Å². The molecule has 0 aromatic heterocycles. The molecule has 0 saturated carbocycles. The third-order valence-corrected chi connectivity index (χ3v) is 6.36. The van der Waals surface area contributed by atoms with E-state index in [4.69, 9.17) is 4.74 Å². The smallest absolute Gasteiger partial charge is 0.145 e.